The number of hydrogen-bond acceptors (Lipinski definition) is 6. The van der Waals surface area contributed by atoms with Gasteiger partial charge in [-0.05, 0) is 138 Å². The van der Waals surface area contributed by atoms with Crippen molar-refractivity contribution < 1.29 is 28.7 Å². The van der Waals surface area contributed by atoms with Gasteiger partial charge in [-0.3, -0.25) is 9.59 Å². The van der Waals surface area contributed by atoms with Crippen LogP contribution in [0.4, 0.5) is 9.59 Å². The molecule has 2 aromatic rings. The molecule has 2 aromatic carbocycles. The molecule has 7 rings (SSSR count). The number of ether oxygens (including phenoxy) is 2. The maximum Gasteiger partial charge on any atom is 0.407 e. The fraction of sp³-hybridized carbons (Fsp3) is 0.673. The van der Waals surface area contributed by atoms with Gasteiger partial charge in [0.15, 0.2) is 0 Å². The van der Waals surface area contributed by atoms with Gasteiger partial charge in [0, 0.05) is 31.3 Å². The Kier molecular flexibility index (Phi) is 15.5. The molecule has 0 aromatic heterocycles. The molecule has 2 unspecified atom stereocenters. The standard InChI is InChI=1S/C55H80N4O6/c1-35(33-53(3,4)5)14-12-15-36(2)44-22-23-45-43-21-20-38-32-37(24-27-54(38,6)46(43)25-28-55(44,45)7)50(49-41-18-10-8-16-39(41)40-17-9-11-19-42(40)49)65-52(63)59-34-48(61)58-30-26-47(60)57-29-13-31-64-51(56)62/h8-11,16-20,35-37,43-46,49-50H,12-15,21-34H2,1-7H3,(H2,56,62)(H,57,60)(H,58,61)(H,59,63)/t35?,36-,37+,43+,44-,45+,46+,50?,54+,55-/m1/s1. The van der Waals surface area contributed by atoms with Crippen molar-refractivity contribution in [3.8, 4) is 11.1 Å². The minimum absolute atomic E-state index is 0.0742. The maximum absolute atomic E-state index is 13.8. The van der Waals surface area contributed by atoms with Crippen LogP contribution < -0.4 is 21.7 Å². The van der Waals surface area contributed by atoms with Crippen molar-refractivity contribution in [1.82, 2.24) is 16.0 Å². The van der Waals surface area contributed by atoms with E-state index in [2.05, 4.69) is 124 Å². The predicted octanol–water partition coefficient (Wildman–Crippen LogP) is 11.1. The maximum atomic E-state index is 13.8. The molecule has 3 fully saturated rings. The number of primary amides is 1. The number of allylic oxidation sites excluding steroid dienone is 2. The summed E-state index contributed by atoms with van der Waals surface area (Å²) in [4.78, 5) is 49.6. The van der Waals surface area contributed by atoms with Crippen molar-refractivity contribution in [2.45, 2.75) is 150 Å². The van der Waals surface area contributed by atoms with Crippen LogP contribution in [0.25, 0.3) is 11.1 Å². The quantitative estimate of drug-likeness (QED) is 0.0865. The van der Waals surface area contributed by atoms with Gasteiger partial charge < -0.3 is 31.2 Å². The molecule has 356 valence electrons. The van der Waals surface area contributed by atoms with E-state index in [-0.39, 0.29) is 49.3 Å². The number of carbonyl (C=O) groups is 4. The summed E-state index contributed by atoms with van der Waals surface area (Å²) in [7, 11) is 0. The van der Waals surface area contributed by atoms with Crippen LogP contribution in [0.1, 0.15) is 155 Å². The van der Waals surface area contributed by atoms with Crippen LogP contribution in [0.5, 0.6) is 0 Å². The predicted molar refractivity (Wildman–Crippen MR) is 258 cm³/mol. The average molecular weight is 893 g/mol. The highest BCUT2D eigenvalue weighted by Gasteiger charge is 2.59. The van der Waals surface area contributed by atoms with Gasteiger partial charge in [0.05, 0.1) is 13.2 Å². The smallest absolute Gasteiger partial charge is 0.407 e. The van der Waals surface area contributed by atoms with Crippen LogP contribution in [0, 0.1) is 57.7 Å². The molecule has 10 atom stereocenters. The first-order valence-corrected chi connectivity index (χ1v) is 25.3. The van der Waals surface area contributed by atoms with E-state index in [1.165, 1.54) is 73.6 Å². The Hall–Kier alpha value is -4.34. The van der Waals surface area contributed by atoms with Gasteiger partial charge >= 0.3 is 12.2 Å². The molecular formula is C55H80N4O6. The number of benzene rings is 2. The first-order valence-electron chi connectivity index (χ1n) is 25.3. The zero-order valence-corrected chi connectivity index (χ0v) is 40.6. The van der Waals surface area contributed by atoms with Gasteiger partial charge in [-0.1, -0.05) is 128 Å². The van der Waals surface area contributed by atoms with Gasteiger partial charge in [0.2, 0.25) is 11.8 Å². The highest BCUT2D eigenvalue weighted by Crippen LogP contribution is 2.68. The SMILES string of the molecule is CC(CCC[C@@H](C)[C@H]1CC[C@H]2[C@@H]3CC=C4C[C@@H](C(OC(=O)NCC(=O)NCCC(=O)NCCCOC(N)=O)C5c6ccccc6-c6ccccc65)CC[C@]4(C)[C@H]3CC[C@]12C)CC(C)(C)C. The van der Waals surface area contributed by atoms with E-state index in [0.29, 0.717) is 29.7 Å². The van der Waals surface area contributed by atoms with Gasteiger partial charge in [-0.15, -0.1) is 0 Å². The lowest BCUT2D eigenvalue weighted by molar-refractivity contribution is -0.122. The third-order valence-electron chi connectivity index (χ3n) is 17.1. The van der Waals surface area contributed by atoms with E-state index in [1.807, 2.05) is 0 Å². The number of amides is 4. The normalized spacial score (nSPS) is 28.2. The molecule has 10 nitrogen and oxygen atoms in total. The van der Waals surface area contributed by atoms with Crippen molar-refractivity contribution >= 4 is 24.0 Å². The van der Waals surface area contributed by atoms with Gasteiger partial charge in [-0.25, -0.2) is 9.59 Å². The molecule has 0 heterocycles. The minimum Gasteiger partial charge on any atom is -0.450 e. The molecule has 3 saturated carbocycles. The number of hydrogen-bond donors (Lipinski definition) is 4. The van der Waals surface area contributed by atoms with E-state index in [9.17, 15) is 19.2 Å². The Morgan fingerprint density at radius 2 is 1.51 bits per heavy atom. The second-order valence-electron chi connectivity index (χ2n) is 22.6. The van der Waals surface area contributed by atoms with Crippen LogP contribution in [0.15, 0.2) is 60.2 Å². The number of rotatable bonds is 18. The Labute approximate surface area is 389 Å². The molecule has 4 amide bonds. The molecule has 5 N–H and O–H groups in total. The largest absolute Gasteiger partial charge is 0.450 e. The second-order valence-corrected chi connectivity index (χ2v) is 22.6. The summed E-state index contributed by atoms with van der Waals surface area (Å²) >= 11 is 0. The first-order chi connectivity index (χ1) is 31.0. The fourth-order valence-corrected chi connectivity index (χ4v) is 14.3. The Morgan fingerprint density at radius 1 is 0.815 bits per heavy atom. The summed E-state index contributed by atoms with van der Waals surface area (Å²) in [5.41, 5.74) is 12.3. The van der Waals surface area contributed by atoms with Crippen molar-refractivity contribution in [2.75, 3.05) is 26.2 Å². The van der Waals surface area contributed by atoms with Crippen LogP contribution in [0.3, 0.4) is 0 Å². The van der Waals surface area contributed by atoms with Crippen molar-refractivity contribution in [1.29, 1.82) is 0 Å². The molecule has 5 aliphatic rings. The van der Waals surface area contributed by atoms with E-state index >= 15 is 0 Å². The van der Waals surface area contributed by atoms with Crippen molar-refractivity contribution in [3.63, 3.8) is 0 Å². The van der Waals surface area contributed by atoms with E-state index in [0.717, 1.165) is 55.3 Å². The number of nitrogens with two attached hydrogens (primary N) is 1. The zero-order chi connectivity index (χ0) is 46.5. The fourth-order valence-electron chi connectivity index (χ4n) is 14.3. The molecule has 65 heavy (non-hydrogen) atoms. The third-order valence-corrected chi connectivity index (χ3v) is 17.1. The molecule has 0 saturated heterocycles. The summed E-state index contributed by atoms with van der Waals surface area (Å²) in [6, 6.07) is 17.1. The summed E-state index contributed by atoms with van der Waals surface area (Å²) in [5, 5.41) is 8.18. The first kappa shape index (κ1) is 48.6. The van der Waals surface area contributed by atoms with Gasteiger partial charge in [0.25, 0.3) is 0 Å². The highest BCUT2D eigenvalue weighted by atomic mass is 16.6. The summed E-state index contributed by atoms with van der Waals surface area (Å²) < 4.78 is 11.3. The topological polar surface area (TPSA) is 149 Å². The summed E-state index contributed by atoms with van der Waals surface area (Å²) in [6.45, 7) is 17.7. The average Bonchev–Trinajstić information content (AvgIpc) is 3.79. The van der Waals surface area contributed by atoms with E-state index in [4.69, 9.17) is 10.5 Å². The molecule has 5 aliphatic carbocycles. The monoisotopic (exact) mass is 893 g/mol. The zero-order valence-electron chi connectivity index (χ0n) is 40.6. The minimum atomic E-state index is -0.853. The van der Waals surface area contributed by atoms with E-state index < -0.39 is 24.2 Å². The van der Waals surface area contributed by atoms with Gasteiger partial charge in [-0.2, -0.15) is 0 Å². The number of alkyl carbamates (subject to hydrolysis) is 1. The number of fused-ring (bicyclic) bond motifs is 8. The van der Waals surface area contributed by atoms with Crippen LogP contribution >= 0.6 is 0 Å². The number of carbonyl (C=O) groups excluding carboxylic acids is 4. The van der Waals surface area contributed by atoms with Crippen LogP contribution in [-0.4, -0.2) is 56.3 Å². The molecule has 10 heteroatoms. The molecule has 0 bridgehead atoms. The summed E-state index contributed by atoms with van der Waals surface area (Å²) in [6.07, 6.45) is 16.2. The molecule has 0 radical (unpaired) electrons. The third kappa shape index (κ3) is 11.1. The Morgan fingerprint density at radius 3 is 2.20 bits per heavy atom. The van der Waals surface area contributed by atoms with Crippen LogP contribution in [0.2, 0.25) is 0 Å². The van der Waals surface area contributed by atoms with Crippen molar-refractivity contribution in [2.24, 2.45) is 63.4 Å². The lowest BCUT2D eigenvalue weighted by Crippen LogP contribution is -2.51. The van der Waals surface area contributed by atoms with Gasteiger partial charge in [0.1, 0.15) is 6.10 Å². The second kappa shape index (κ2) is 20.7. The van der Waals surface area contributed by atoms with Crippen LogP contribution in [-0.2, 0) is 19.1 Å². The lowest BCUT2D eigenvalue weighted by Gasteiger charge is -2.59. The lowest BCUT2D eigenvalue weighted by atomic mass is 9.46. The van der Waals surface area contributed by atoms with Crippen molar-refractivity contribution in [3.05, 3.63) is 71.3 Å². The number of nitrogens with one attached hydrogen (secondary N) is 3. The molecule has 0 spiro atoms. The Bertz CT molecular complexity index is 2000. The molecule has 0 aliphatic heterocycles. The Balaban J connectivity index is 1.00. The molecular weight excluding hydrogens is 813 g/mol. The van der Waals surface area contributed by atoms with E-state index in [1.54, 1.807) is 5.57 Å². The summed E-state index contributed by atoms with van der Waals surface area (Å²) in [5.74, 6) is 3.98. The highest BCUT2D eigenvalue weighted by molar-refractivity contribution is 5.83.